The number of rotatable bonds is 4. The van der Waals surface area contributed by atoms with Gasteiger partial charge in [-0.25, -0.2) is 0 Å². The predicted octanol–water partition coefficient (Wildman–Crippen LogP) is 3.61. The summed E-state index contributed by atoms with van der Waals surface area (Å²) in [6, 6.07) is 13.9. The van der Waals surface area contributed by atoms with E-state index in [1.54, 1.807) is 31.4 Å². The van der Waals surface area contributed by atoms with Gasteiger partial charge < -0.3 is 40.1 Å². The Hall–Kier alpha value is -5.22. The number of hydrogen-bond donors (Lipinski definition) is 6. The second-order valence-electron chi connectivity index (χ2n) is 9.81. The molecule has 3 aromatic carbocycles. The van der Waals surface area contributed by atoms with Gasteiger partial charge in [-0.3, -0.25) is 9.59 Å². The summed E-state index contributed by atoms with van der Waals surface area (Å²) >= 11 is 0. The van der Waals surface area contributed by atoms with E-state index in [2.05, 4.69) is 0 Å². The van der Waals surface area contributed by atoms with Crippen LogP contribution in [0.2, 0.25) is 0 Å². The van der Waals surface area contributed by atoms with E-state index < -0.39 is 17.1 Å². The zero-order valence-electron chi connectivity index (χ0n) is 21.8. The molecule has 0 bridgehead atoms. The minimum Gasteiger partial charge on any atom is -0.508 e. The van der Waals surface area contributed by atoms with Crippen LogP contribution in [0.3, 0.4) is 0 Å². The Morgan fingerprint density at radius 1 is 0.927 bits per heavy atom. The van der Waals surface area contributed by atoms with Gasteiger partial charge in [-0.05, 0) is 65.2 Å². The van der Waals surface area contributed by atoms with E-state index in [4.69, 9.17) is 9.47 Å². The lowest BCUT2D eigenvalue weighted by atomic mass is 9.85. The molecule has 10 nitrogen and oxygen atoms in total. The highest BCUT2D eigenvalue weighted by molar-refractivity contribution is 6.06. The van der Waals surface area contributed by atoms with Crippen LogP contribution in [0.25, 0.3) is 5.57 Å². The van der Waals surface area contributed by atoms with Crippen LogP contribution < -0.4 is 4.74 Å². The monoisotopic (exact) mass is 558 g/mol. The molecule has 0 amide bonds. The summed E-state index contributed by atoms with van der Waals surface area (Å²) in [6.45, 7) is -0.122. The Morgan fingerprint density at radius 3 is 2.32 bits per heavy atom. The van der Waals surface area contributed by atoms with Crippen LogP contribution >= 0.6 is 0 Å². The summed E-state index contributed by atoms with van der Waals surface area (Å²) in [5, 5.41) is 58.9. The highest BCUT2D eigenvalue weighted by Crippen LogP contribution is 2.50. The summed E-state index contributed by atoms with van der Waals surface area (Å²) in [4.78, 5) is 23.6. The number of methoxy groups -OCH3 is 1. The first kappa shape index (κ1) is 27.4. The lowest BCUT2D eigenvalue weighted by Gasteiger charge is -2.33. The van der Waals surface area contributed by atoms with E-state index in [0.29, 0.717) is 22.3 Å². The van der Waals surface area contributed by atoms with Crippen molar-refractivity contribution in [1.29, 1.82) is 0 Å². The fraction of sp³-hybridized carbons (Fsp3) is 0.161. The molecule has 1 heterocycles. The number of allylic oxidation sites excluding steroid dienone is 2. The van der Waals surface area contributed by atoms with E-state index in [0.717, 1.165) is 17.4 Å². The molecule has 1 unspecified atom stereocenters. The standard InChI is InChI=1S/C16H12O6.C15H14O4/c17-10-2-1-8-13-9-4-12(19)11(18)3-7(9)5-16(13,21)6-22-15(8)14(10)20;1-19-12-5-2-10(3-6-12)8-14(17)13-7-4-11(16)9-15(13)18/h1-4,18-21H,5-6H2;2-7,9,16,18H,8H2,1H3. The van der Waals surface area contributed by atoms with Crippen molar-refractivity contribution in [3.05, 3.63) is 106 Å². The topological polar surface area (TPSA) is 174 Å². The molecule has 2 aliphatic carbocycles. The van der Waals surface area contributed by atoms with Gasteiger partial charge in [0.05, 0.1) is 12.7 Å². The van der Waals surface area contributed by atoms with Gasteiger partial charge in [0.15, 0.2) is 23.0 Å². The molecule has 0 aromatic heterocycles. The van der Waals surface area contributed by atoms with Crippen molar-refractivity contribution < 1.29 is 49.7 Å². The summed E-state index contributed by atoms with van der Waals surface area (Å²) in [5.41, 5.74) is 1.83. The first-order valence-corrected chi connectivity index (χ1v) is 12.5. The van der Waals surface area contributed by atoms with E-state index >= 15 is 0 Å². The molecule has 0 spiro atoms. The van der Waals surface area contributed by atoms with Crippen LogP contribution in [0, 0.1) is 0 Å². The normalized spacial score (nSPS) is 18.5. The molecular formula is C31H26O10. The minimum absolute atomic E-state index is 0.0348. The lowest BCUT2D eigenvalue weighted by Crippen LogP contribution is -2.39. The molecule has 3 aliphatic rings. The smallest absolute Gasteiger partial charge is 0.224 e. The molecule has 1 atom stereocenters. The van der Waals surface area contributed by atoms with Gasteiger partial charge in [0.2, 0.25) is 11.5 Å². The quantitative estimate of drug-likeness (QED) is 0.205. The number of aliphatic hydroxyl groups excluding tert-OH is 1. The summed E-state index contributed by atoms with van der Waals surface area (Å²) < 4.78 is 10.4. The molecule has 41 heavy (non-hydrogen) atoms. The molecule has 0 saturated carbocycles. The predicted molar refractivity (Wildman–Crippen MR) is 146 cm³/mol. The Morgan fingerprint density at radius 2 is 1.63 bits per heavy atom. The fourth-order valence-electron chi connectivity index (χ4n) is 5.04. The molecule has 10 heteroatoms. The first-order chi connectivity index (χ1) is 19.5. The fourth-order valence-corrected chi connectivity index (χ4v) is 5.04. The Bertz CT molecular complexity index is 1660. The van der Waals surface area contributed by atoms with Gasteiger partial charge in [-0.15, -0.1) is 0 Å². The molecule has 210 valence electrons. The molecule has 3 aromatic rings. The molecule has 0 saturated heterocycles. The lowest BCUT2D eigenvalue weighted by molar-refractivity contribution is -0.114. The van der Waals surface area contributed by atoms with Gasteiger partial charge in [-0.2, -0.15) is 0 Å². The third-order valence-electron chi connectivity index (χ3n) is 7.04. The number of ether oxygens (including phenoxy) is 2. The number of benzene rings is 3. The van der Waals surface area contributed by atoms with Gasteiger partial charge in [0.1, 0.15) is 29.5 Å². The van der Waals surface area contributed by atoms with Crippen molar-refractivity contribution in [3.8, 4) is 28.7 Å². The molecule has 6 N–H and O–H groups in total. The largest absolute Gasteiger partial charge is 0.508 e. The maximum absolute atomic E-state index is 12.0. The van der Waals surface area contributed by atoms with E-state index in [1.165, 1.54) is 36.4 Å². The average Bonchev–Trinajstić information content (AvgIpc) is 3.22. The Kier molecular flexibility index (Phi) is 6.94. The maximum Gasteiger partial charge on any atom is 0.224 e. The minimum atomic E-state index is -1.33. The highest BCUT2D eigenvalue weighted by atomic mass is 16.5. The summed E-state index contributed by atoms with van der Waals surface area (Å²) in [5.74, 6) is -1.34. The molecule has 0 fully saturated rings. The first-order valence-electron chi connectivity index (χ1n) is 12.5. The molecule has 6 rings (SSSR count). The average molecular weight is 559 g/mol. The van der Waals surface area contributed by atoms with E-state index in [-0.39, 0.29) is 59.6 Å². The number of fused-ring (bicyclic) bond motifs is 4. The zero-order valence-corrected chi connectivity index (χ0v) is 21.8. The SMILES string of the molecule is COc1ccc(CC(=O)c2ccc(O)cc2O)cc1.O=C1C=CC2=C3c4cc(O)c(O)cc4CC3(O)COC2=C1O. The van der Waals surface area contributed by atoms with Gasteiger partial charge in [-0.1, -0.05) is 12.1 Å². The van der Waals surface area contributed by atoms with Crippen LogP contribution in [0.1, 0.15) is 27.0 Å². The van der Waals surface area contributed by atoms with Crippen molar-refractivity contribution in [2.45, 2.75) is 18.4 Å². The Labute approximate surface area is 234 Å². The number of aliphatic hydroxyl groups is 2. The number of phenolic OH excluding ortho intramolecular Hbond substituents is 4. The van der Waals surface area contributed by atoms with Crippen LogP contribution in [-0.2, 0) is 22.4 Å². The van der Waals surface area contributed by atoms with Gasteiger partial charge >= 0.3 is 0 Å². The Balaban J connectivity index is 0.000000167. The maximum atomic E-state index is 12.0. The number of carbonyl (C=O) groups is 2. The van der Waals surface area contributed by atoms with E-state index in [9.17, 15) is 40.2 Å². The van der Waals surface area contributed by atoms with Crippen LogP contribution in [0.4, 0.5) is 0 Å². The number of ketones is 2. The van der Waals surface area contributed by atoms with Crippen molar-refractivity contribution >= 4 is 17.1 Å². The highest BCUT2D eigenvalue weighted by Gasteiger charge is 2.47. The molecular weight excluding hydrogens is 532 g/mol. The van der Waals surface area contributed by atoms with Gasteiger partial charge in [0.25, 0.3) is 0 Å². The zero-order chi connectivity index (χ0) is 29.5. The van der Waals surface area contributed by atoms with E-state index in [1.807, 2.05) is 0 Å². The molecule has 0 radical (unpaired) electrons. The third-order valence-corrected chi connectivity index (χ3v) is 7.04. The third kappa shape index (κ3) is 5.08. The summed E-state index contributed by atoms with van der Waals surface area (Å²) in [6.07, 6.45) is 3.08. The van der Waals surface area contributed by atoms with Crippen LogP contribution in [0.5, 0.6) is 28.7 Å². The second-order valence-corrected chi connectivity index (χ2v) is 9.81. The number of carbonyl (C=O) groups excluding carboxylic acids is 2. The van der Waals surface area contributed by atoms with Crippen molar-refractivity contribution in [3.63, 3.8) is 0 Å². The van der Waals surface area contributed by atoms with Crippen LogP contribution in [-0.4, -0.2) is 61.5 Å². The number of aromatic hydroxyl groups is 4. The summed E-state index contributed by atoms with van der Waals surface area (Å²) in [7, 11) is 1.58. The number of phenols is 4. The van der Waals surface area contributed by atoms with Crippen molar-refractivity contribution in [1.82, 2.24) is 0 Å². The number of Topliss-reactive ketones (excluding diaryl/α,β-unsaturated/α-hetero) is 1. The number of hydrogen-bond acceptors (Lipinski definition) is 10. The van der Waals surface area contributed by atoms with Crippen molar-refractivity contribution in [2.75, 3.05) is 13.7 Å². The van der Waals surface area contributed by atoms with Gasteiger partial charge in [0, 0.05) is 30.1 Å². The van der Waals surface area contributed by atoms with Crippen LogP contribution in [0.15, 0.2) is 83.8 Å². The van der Waals surface area contributed by atoms with Crippen molar-refractivity contribution in [2.24, 2.45) is 0 Å². The second kappa shape index (κ2) is 10.4. The molecule has 1 aliphatic heterocycles.